The Labute approximate surface area is 220 Å². The molecule has 2 aromatic heterocycles. The molecule has 3 aliphatic rings. The fourth-order valence-corrected chi connectivity index (χ4v) is 6.17. The van der Waals surface area contributed by atoms with Crippen LogP contribution in [0.2, 0.25) is 0 Å². The number of alkyl halides is 2. The van der Waals surface area contributed by atoms with E-state index in [0.717, 1.165) is 61.4 Å². The van der Waals surface area contributed by atoms with E-state index in [1.165, 1.54) is 23.5 Å². The van der Waals surface area contributed by atoms with Gasteiger partial charge in [-0.05, 0) is 63.5 Å². The van der Waals surface area contributed by atoms with E-state index < -0.39 is 11.8 Å². The number of halogens is 2. The van der Waals surface area contributed by atoms with E-state index in [4.69, 9.17) is 9.40 Å². The van der Waals surface area contributed by atoms with Crippen LogP contribution in [-0.2, 0) is 11.2 Å². The van der Waals surface area contributed by atoms with E-state index in [9.17, 15) is 13.6 Å². The first kappa shape index (κ1) is 24.7. The molecule has 3 saturated carbocycles. The highest BCUT2D eigenvalue weighted by molar-refractivity contribution is 7.09. The number of aryl methyl sites for hydroxylation is 1. The van der Waals surface area contributed by atoms with Crippen LogP contribution in [0.1, 0.15) is 92.6 Å². The van der Waals surface area contributed by atoms with Crippen molar-refractivity contribution >= 4 is 22.9 Å². The monoisotopic (exact) mass is 525 g/mol. The van der Waals surface area contributed by atoms with Gasteiger partial charge in [0.25, 0.3) is 0 Å². The quantitative estimate of drug-likeness (QED) is 0.240. The van der Waals surface area contributed by atoms with Crippen LogP contribution in [0.5, 0.6) is 0 Å². The number of thiazole rings is 1. The number of carbonyl (C=O) groups is 1. The van der Waals surface area contributed by atoms with Gasteiger partial charge in [-0.1, -0.05) is 18.6 Å². The van der Waals surface area contributed by atoms with Crippen molar-refractivity contribution < 1.29 is 18.0 Å². The van der Waals surface area contributed by atoms with Crippen LogP contribution in [0.25, 0.3) is 11.3 Å². The van der Waals surface area contributed by atoms with E-state index in [2.05, 4.69) is 10.4 Å². The van der Waals surface area contributed by atoms with Gasteiger partial charge in [0.2, 0.25) is 11.8 Å². The Morgan fingerprint density at radius 2 is 1.92 bits per heavy atom. The fourth-order valence-electron chi connectivity index (χ4n) is 5.25. The second kappa shape index (κ2) is 10.3. The maximum absolute atomic E-state index is 14.0. The normalized spacial score (nSPS) is 20.9. The van der Waals surface area contributed by atoms with Gasteiger partial charge in [-0.3, -0.25) is 4.79 Å². The van der Waals surface area contributed by atoms with Crippen LogP contribution in [0.15, 0.2) is 40.3 Å². The number of amides is 1. The van der Waals surface area contributed by atoms with E-state index >= 15 is 0 Å². The molecular weight excluding hydrogens is 492 g/mol. The number of unbranched alkanes of at least 4 members (excludes halogenated alkanes) is 2. The predicted octanol–water partition coefficient (Wildman–Crippen LogP) is 7.73. The maximum atomic E-state index is 14.0. The van der Waals surface area contributed by atoms with Crippen molar-refractivity contribution in [1.29, 1.82) is 0 Å². The Kier molecular flexibility index (Phi) is 6.86. The zero-order chi connectivity index (χ0) is 25.4. The van der Waals surface area contributed by atoms with Crippen molar-refractivity contribution in [3.05, 3.63) is 52.5 Å². The zero-order valence-corrected chi connectivity index (χ0v) is 21.8. The summed E-state index contributed by atoms with van der Waals surface area (Å²) in [6.45, 7) is 0.516. The first-order valence-electron chi connectivity index (χ1n) is 13.6. The van der Waals surface area contributed by atoms with Crippen LogP contribution in [0, 0.1) is 5.92 Å². The molecule has 0 N–H and O–H groups in total. The molecule has 3 fully saturated rings. The Hall–Kier alpha value is -2.61. The molecular formula is C29H33F2N3O2S. The van der Waals surface area contributed by atoms with E-state index in [1.807, 2.05) is 24.3 Å². The van der Waals surface area contributed by atoms with Gasteiger partial charge in [-0.15, -0.1) is 11.3 Å². The second-order valence-corrected chi connectivity index (χ2v) is 11.9. The minimum atomic E-state index is -2.75. The number of benzene rings is 1. The first-order valence-corrected chi connectivity index (χ1v) is 14.5. The third-order valence-corrected chi connectivity index (χ3v) is 8.69. The third kappa shape index (κ3) is 5.95. The largest absolute Gasteiger partial charge is 0.448 e. The van der Waals surface area contributed by atoms with Crippen molar-refractivity contribution in [3.8, 4) is 11.3 Å². The molecule has 196 valence electrons. The predicted molar refractivity (Wildman–Crippen MR) is 140 cm³/mol. The lowest BCUT2D eigenvalue weighted by Gasteiger charge is -2.26. The molecule has 5 nitrogen and oxygen atoms in total. The van der Waals surface area contributed by atoms with Gasteiger partial charge in [0, 0.05) is 53.8 Å². The number of hydrogen-bond donors (Lipinski definition) is 0. The van der Waals surface area contributed by atoms with Crippen molar-refractivity contribution in [3.63, 3.8) is 0 Å². The third-order valence-electron chi connectivity index (χ3n) is 7.76. The lowest BCUT2D eigenvalue weighted by molar-refractivity contribution is -0.123. The number of oxazole rings is 1. The molecule has 6 rings (SSSR count). The SMILES string of the molecule is O=C(C1CCC(F)(F)C1)N(CCCCCc1nc(C2CC2)cs1)c1cccc(-c2coc(C3CC3)n2)c1. The van der Waals surface area contributed by atoms with Crippen molar-refractivity contribution in [2.75, 3.05) is 11.4 Å². The second-order valence-electron chi connectivity index (χ2n) is 10.9. The number of carbonyl (C=O) groups excluding carboxylic acids is 1. The molecule has 0 aliphatic heterocycles. The van der Waals surface area contributed by atoms with Gasteiger partial charge >= 0.3 is 0 Å². The van der Waals surface area contributed by atoms with E-state index in [0.29, 0.717) is 18.4 Å². The number of hydrogen-bond acceptors (Lipinski definition) is 5. The lowest BCUT2D eigenvalue weighted by atomic mass is 10.0. The Morgan fingerprint density at radius 1 is 1.08 bits per heavy atom. The summed E-state index contributed by atoms with van der Waals surface area (Å²) in [5.41, 5.74) is 3.61. The number of aromatic nitrogens is 2. The van der Waals surface area contributed by atoms with E-state index in [-0.39, 0.29) is 25.2 Å². The molecule has 1 atom stereocenters. The first-order chi connectivity index (χ1) is 17.9. The average molecular weight is 526 g/mol. The average Bonchev–Trinajstić information content (AvgIpc) is 3.80. The molecule has 0 bridgehead atoms. The molecule has 3 aliphatic carbocycles. The van der Waals surface area contributed by atoms with Gasteiger partial charge in [0.05, 0.1) is 10.7 Å². The molecule has 0 radical (unpaired) electrons. The summed E-state index contributed by atoms with van der Waals surface area (Å²) < 4.78 is 33.6. The summed E-state index contributed by atoms with van der Waals surface area (Å²) >= 11 is 1.75. The molecule has 1 aromatic carbocycles. The van der Waals surface area contributed by atoms with Crippen molar-refractivity contribution in [1.82, 2.24) is 9.97 Å². The summed E-state index contributed by atoms with van der Waals surface area (Å²) in [6, 6.07) is 7.69. The lowest BCUT2D eigenvalue weighted by Crippen LogP contribution is -2.36. The highest BCUT2D eigenvalue weighted by Gasteiger charge is 2.44. The molecule has 1 unspecified atom stereocenters. The Balaban J connectivity index is 1.12. The number of anilines is 1. The topological polar surface area (TPSA) is 59.2 Å². The smallest absolute Gasteiger partial charge is 0.248 e. The molecule has 37 heavy (non-hydrogen) atoms. The maximum Gasteiger partial charge on any atom is 0.248 e. The molecule has 8 heteroatoms. The minimum absolute atomic E-state index is 0.192. The standard InChI is InChI=1S/C29H33F2N3O2S/c30-29(31)13-12-22(16-29)28(35)34(14-3-1-2-7-26-32-25(18-37-26)19-8-9-19)23-6-4-5-21(15-23)24-17-36-27(33-24)20-10-11-20/h4-6,15,17-20,22H,1-3,7-14,16H2. The van der Waals surface area contributed by atoms with Gasteiger partial charge < -0.3 is 9.32 Å². The summed E-state index contributed by atoms with van der Waals surface area (Å²) in [4.78, 5) is 24.6. The zero-order valence-electron chi connectivity index (χ0n) is 21.0. The molecule has 1 amide bonds. The molecule has 2 heterocycles. The molecule has 0 saturated heterocycles. The molecule has 3 aromatic rings. The van der Waals surface area contributed by atoms with Gasteiger partial charge in [-0.25, -0.2) is 18.7 Å². The highest BCUT2D eigenvalue weighted by atomic mass is 32.1. The summed E-state index contributed by atoms with van der Waals surface area (Å²) in [5.74, 6) is -1.71. The molecule has 0 spiro atoms. The van der Waals surface area contributed by atoms with Crippen molar-refractivity contribution in [2.45, 2.75) is 88.4 Å². The van der Waals surface area contributed by atoms with Crippen LogP contribution < -0.4 is 4.90 Å². The fraction of sp³-hybridized carbons (Fsp3) is 0.552. The van der Waals surface area contributed by atoms with Crippen molar-refractivity contribution in [2.24, 2.45) is 5.92 Å². The highest BCUT2D eigenvalue weighted by Crippen LogP contribution is 2.42. The van der Waals surface area contributed by atoms with Gasteiger partial charge in [0.15, 0.2) is 5.89 Å². The minimum Gasteiger partial charge on any atom is -0.448 e. The van der Waals surface area contributed by atoms with Crippen LogP contribution in [0.3, 0.4) is 0 Å². The van der Waals surface area contributed by atoms with Gasteiger partial charge in [-0.2, -0.15) is 0 Å². The Bertz CT molecular complexity index is 1250. The van der Waals surface area contributed by atoms with Crippen LogP contribution in [0.4, 0.5) is 14.5 Å². The summed E-state index contributed by atoms with van der Waals surface area (Å²) in [5, 5.41) is 3.38. The summed E-state index contributed by atoms with van der Waals surface area (Å²) in [7, 11) is 0. The van der Waals surface area contributed by atoms with E-state index in [1.54, 1.807) is 22.5 Å². The number of rotatable bonds is 11. The van der Waals surface area contributed by atoms with Gasteiger partial charge in [0.1, 0.15) is 12.0 Å². The Morgan fingerprint density at radius 3 is 2.68 bits per heavy atom. The van der Waals surface area contributed by atoms with Crippen LogP contribution >= 0.6 is 11.3 Å². The van der Waals surface area contributed by atoms with Crippen LogP contribution in [-0.4, -0.2) is 28.3 Å². The number of nitrogens with zero attached hydrogens (tertiary/aromatic N) is 3. The summed E-state index contributed by atoms with van der Waals surface area (Å²) in [6.07, 6.45) is 9.81.